The molecule has 7 nitrogen and oxygen atoms in total. The van der Waals surface area contributed by atoms with Gasteiger partial charge in [-0.3, -0.25) is 14.8 Å². The molecule has 144 valence electrons. The van der Waals surface area contributed by atoms with Gasteiger partial charge < -0.3 is 11.5 Å². The SMILES string of the molecule is NC(=O)Nc1sc2c(c1C(N)=O)CCc1nn(Cc3ccc(F)c(F)c3)cc1-2. The second kappa shape index (κ2) is 6.71. The lowest BCUT2D eigenvalue weighted by molar-refractivity contribution is 0.100. The number of carbonyl (C=O) groups excluding carboxylic acids is 2. The number of rotatable bonds is 4. The third-order valence-corrected chi connectivity index (χ3v) is 5.69. The number of halogens is 2. The third-order valence-electron chi connectivity index (χ3n) is 4.51. The van der Waals surface area contributed by atoms with E-state index in [4.69, 9.17) is 11.5 Å². The summed E-state index contributed by atoms with van der Waals surface area (Å²) in [6.45, 7) is 0.264. The molecular weight excluding hydrogens is 388 g/mol. The van der Waals surface area contributed by atoms with E-state index in [1.165, 1.54) is 17.4 Å². The summed E-state index contributed by atoms with van der Waals surface area (Å²) in [4.78, 5) is 23.9. The van der Waals surface area contributed by atoms with Crippen LogP contribution < -0.4 is 16.8 Å². The Morgan fingerprint density at radius 2 is 2.00 bits per heavy atom. The van der Waals surface area contributed by atoms with Crippen molar-refractivity contribution in [3.05, 3.63) is 58.4 Å². The molecule has 1 aliphatic carbocycles. The summed E-state index contributed by atoms with van der Waals surface area (Å²) in [7, 11) is 0. The Morgan fingerprint density at radius 1 is 1.21 bits per heavy atom. The van der Waals surface area contributed by atoms with Crippen molar-refractivity contribution in [3.8, 4) is 10.4 Å². The number of amides is 3. The van der Waals surface area contributed by atoms with E-state index in [-0.39, 0.29) is 12.1 Å². The van der Waals surface area contributed by atoms with Crippen molar-refractivity contribution in [2.45, 2.75) is 19.4 Å². The number of aromatic nitrogens is 2. The molecule has 0 aliphatic heterocycles. The highest BCUT2D eigenvalue weighted by Gasteiger charge is 2.29. The molecule has 2 heterocycles. The fraction of sp³-hybridized carbons (Fsp3) is 0.167. The summed E-state index contributed by atoms with van der Waals surface area (Å²) >= 11 is 1.21. The molecule has 0 fully saturated rings. The topological polar surface area (TPSA) is 116 Å². The van der Waals surface area contributed by atoms with Gasteiger partial charge in [0.15, 0.2) is 11.6 Å². The lowest BCUT2D eigenvalue weighted by Gasteiger charge is -2.11. The molecule has 0 atom stereocenters. The van der Waals surface area contributed by atoms with Crippen LogP contribution in [-0.4, -0.2) is 21.7 Å². The fourth-order valence-corrected chi connectivity index (χ4v) is 4.66. The van der Waals surface area contributed by atoms with Gasteiger partial charge in [0.25, 0.3) is 5.91 Å². The monoisotopic (exact) mass is 403 g/mol. The van der Waals surface area contributed by atoms with Crippen LogP contribution in [0.4, 0.5) is 18.6 Å². The van der Waals surface area contributed by atoms with Crippen molar-refractivity contribution in [1.29, 1.82) is 0 Å². The number of benzene rings is 1. The van der Waals surface area contributed by atoms with Crippen LogP contribution in [0.15, 0.2) is 24.4 Å². The van der Waals surface area contributed by atoms with Crippen LogP contribution in [0.5, 0.6) is 0 Å². The van der Waals surface area contributed by atoms with Gasteiger partial charge in [-0.2, -0.15) is 5.10 Å². The van der Waals surface area contributed by atoms with Gasteiger partial charge in [0.2, 0.25) is 0 Å². The highest BCUT2D eigenvalue weighted by Crippen LogP contribution is 2.44. The molecule has 0 bridgehead atoms. The Kier molecular flexibility index (Phi) is 4.34. The molecule has 0 radical (unpaired) electrons. The summed E-state index contributed by atoms with van der Waals surface area (Å²) in [6, 6.07) is 2.92. The van der Waals surface area contributed by atoms with E-state index in [0.717, 1.165) is 33.8 Å². The number of primary amides is 2. The highest BCUT2D eigenvalue weighted by molar-refractivity contribution is 7.20. The minimum Gasteiger partial charge on any atom is -0.365 e. The van der Waals surface area contributed by atoms with Gasteiger partial charge >= 0.3 is 6.03 Å². The molecule has 2 aromatic heterocycles. The lowest BCUT2D eigenvalue weighted by Crippen LogP contribution is -2.22. The minimum atomic E-state index is -0.914. The summed E-state index contributed by atoms with van der Waals surface area (Å²) in [5, 5.41) is 7.29. The van der Waals surface area contributed by atoms with E-state index in [1.807, 2.05) is 0 Å². The van der Waals surface area contributed by atoms with Crippen molar-refractivity contribution in [2.75, 3.05) is 5.32 Å². The first-order chi connectivity index (χ1) is 13.3. The molecule has 1 aromatic carbocycles. The Hall–Kier alpha value is -3.27. The number of hydrogen-bond donors (Lipinski definition) is 3. The number of anilines is 1. The molecule has 0 unspecified atom stereocenters. The normalized spacial score (nSPS) is 12.4. The smallest absolute Gasteiger partial charge is 0.317 e. The van der Waals surface area contributed by atoms with Gasteiger partial charge in [-0.15, -0.1) is 11.3 Å². The number of nitrogens with two attached hydrogens (primary N) is 2. The van der Waals surface area contributed by atoms with E-state index in [2.05, 4.69) is 10.4 Å². The van der Waals surface area contributed by atoms with Gasteiger partial charge in [-0.1, -0.05) is 6.07 Å². The Bertz CT molecular complexity index is 1120. The Labute approximate surface area is 161 Å². The predicted molar refractivity (Wildman–Crippen MR) is 100 cm³/mol. The number of thiophene rings is 1. The van der Waals surface area contributed by atoms with Crippen LogP contribution in [0.25, 0.3) is 10.4 Å². The molecule has 10 heteroatoms. The maximum atomic E-state index is 13.4. The molecule has 1 aliphatic rings. The van der Waals surface area contributed by atoms with Crippen LogP contribution in [0.1, 0.15) is 27.2 Å². The molecule has 0 spiro atoms. The molecule has 3 aromatic rings. The maximum Gasteiger partial charge on any atom is 0.317 e. The van der Waals surface area contributed by atoms with E-state index in [0.29, 0.717) is 23.4 Å². The molecule has 28 heavy (non-hydrogen) atoms. The zero-order valence-electron chi connectivity index (χ0n) is 14.5. The Morgan fingerprint density at radius 3 is 2.68 bits per heavy atom. The average molecular weight is 403 g/mol. The van der Waals surface area contributed by atoms with Crippen molar-refractivity contribution < 1.29 is 18.4 Å². The molecule has 4 rings (SSSR count). The van der Waals surface area contributed by atoms with Crippen molar-refractivity contribution >= 4 is 28.3 Å². The minimum absolute atomic E-state index is 0.262. The zero-order valence-corrected chi connectivity index (χ0v) is 15.3. The fourth-order valence-electron chi connectivity index (χ4n) is 3.37. The number of aryl methyl sites for hydroxylation is 1. The van der Waals surface area contributed by atoms with Crippen molar-refractivity contribution in [1.82, 2.24) is 9.78 Å². The number of urea groups is 1. The quantitative estimate of drug-likeness (QED) is 0.622. The average Bonchev–Trinajstić information content (AvgIpc) is 3.17. The van der Waals surface area contributed by atoms with E-state index in [1.54, 1.807) is 10.9 Å². The first-order valence-electron chi connectivity index (χ1n) is 8.36. The summed E-state index contributed by atoms with van der Waals surface area (Å²) in [6.07, 6.45) is 2.91. The molecule has 0 saturated carbocycles. The Balaban J connectivity index is 1.72. The molecular formula is C18H15F2N5O2S. The first kappa shape index (κ1) is 18.1. The van der Waals surface area contributed by atoms with Crippen LogP contribution in [0.3, 0.4) is 0 Å². The van der Waals surface area contributed by atoms with E-state index in [9.17, 15) is 18.4 Å². The van der Waals surface area contributed by atoms with Crippen LogP contribution in [0, 0.1) is 11.6 Å². The zero-order chi connectivity index (χ0) is 20.0. The lowest BCUT2D eigenvalue weighted by atomic mass is 9.94. The van der Waals surface area contributed by atoms with Gasteiger partial charge in [0, 0.05) is 16.6 Å². The third kappa shape index (κ3) is 3.11. The number of carbonyl (C=O) groups is 2. The predicted octanol–water partition coefficient (Wildman–Crippen LogP) is 2.63. The van der Waals surface area contributed by atoms with Crippen molar-refractivity contribution in [2.24, 2.45) is 11.5 Å². The summed E-state index contributed by atoms with van der Waals surface area (Å²) in [5.74, 6) is -2.46. The second-order valence-electron chi connectivity index (χ2n) is 6.40. The number of hydrogen-bond acceptors (Lipinski definition) is 4. The first-order valence-corrected chi connectivity index (χ1v) is 9.17. The van der Waals surface area contributed by atoms with Crippen molar-refractivity contribution in [3.63, 3.8) is 0 Å². The number of nitrogens with one attached hydrogen (secondary N) is 1. The van der Waals surface area contributed by atoms with Crippen LogP contribution in [-0.2, 0) is 19.4 Å². The van der Waals surface area contributed by atoms with Gasteiger partial charge in [0.1, 0.15) is 5.00 Å². The maximum absolute atomic E-state index is 13.4. The number of fused-ring (bicyclic) bond motifs is 3. The largest absolute Gasteiger partial charge is 0.365 e. The molecule has 0 saturated heterocycles. The standard InChI is InChI=1S/C18H15F2N5O2S/c19-11-3-1-8(5-12(11)20)6-25-7-10-13(24-25)4-2-9-14(16(21)26)17(23-18(22)27)28-15(9)10/h1,3,5,7H,2,4,6H2,(H2,21,26)(H3,22,23,27). The van der Waals surface area contributed by atoms with E-state index >= 15 is 0 Å². The number of nitrogens with zero attached hydrogens (tertiary/aromatic N) is 2. The van der Waals surface area contributed by atoms with E-state index < -0.39 is 23.6 Å². The highest BCUT2D eigenvalue weighted by atomic mass is 32.1. The summed E-state index contributed by atoms with van der Waals surface area (Å²) in [5.41, 5.74) is 13.9. The van der Waals surface area contributed by atoms with Crippen LogP contribution >= 0.6 is 11.3 Å². The molecule has 3 amide bonds. The summed E-state index contributed by atoms with van der Waals surface area (Å²) < 4.78 is 28.2. The second-order valence-corrected chi connectivity index (χ2v) is 7.42. The van der Waals surface area contributed by atoms with Gasteiger partial charge in [-0.25, -0.2) is 13.6 Å². The van der Waals surface area contributed by atoms with Crippen LogP contribution in [0.2, 0.25) is 0 Å². The molecule has 5 N–H and O–H groups in total. The van der Waals surface area contributed by atoms with Gasteiger partial charge in [0.05, 0.1) is 17.8 Å². The van der Waals surface area contributed by atoms with Gasteiger partial charge in [-0.05, 0) is 36.1 Å².